The molecular weight excluding hydrogens is 148 g/mol. The Morgan fingerprint density at radius 1 is 1.36 bits per heavy atom. The molecule has 0 bridgehead atoms. The molecule has 0 unspecified atom stereocenters. The van der Waals surface area contributed by atoms with Crippen molar-refractivity contribution in [2.75, 3.05) is 0 Å². The highest BCUT2D eigenvalue weighted by Gasteiger charge is 2.06. The van der Waals surface area contributed by atoms with E-state index in [0.717, 1.165) is 12.8 Å². The van der Waals surface area contributed by atoms with Crippen LogP contribution in [0.5, 0.6) is 0 Å². The van der Waals surface area contributed by atoms with Gasteiger partial charge in [0.1, 0.15) is 8.07 Å². The summed E-state index contributed by atoms with van der Waals surface area (Å²) in [4.78, 5) is 0. The van der Waals surface area contributed by atoms with Crippen LogP contribution in [0.4, 0.5) is 0 Å². The van der Waals surface area contributed by atoms with Gasteiger partial charge in [0, 0.05) is 6.42 Å². The van der Waals surface area contributed by atoms with Crippen molar-refractivity contribution in [1.29, 1.82) is 0 Å². The molecule has 0 aromatic rings. The molecule has 0 atom stereocenters. The van der Waals surface area contributed by atoms with Gasteiger partial charge in [-0.1, -0.05) is 25.7 Å². The minimum absolute atomic E-state index is 1.04. The lowest BCUT2D eigenvalue weighted by molar-refractivity contribution is 0.887. The second-order valence-electron chi connectivity index (χ2n) is 3.73. The summed E-state index contributed by atoms with van der Waals surface area (Å²) >= 11 is 0. The van der Waals surface area contributed by atoms with Gasteiger partial charge in [0.25, 0.3) is 0 Å². The summed E-state index contributed by atoms with van der Waals surface area (Å²) in [5, 5.41) is 0. The lowest BCUT2D eigenvalue weighted by atomic mass is 10.2. The largest absolute Gasteiger partial charge is 0.132 e. The molecule has 0 nitrogen and oxygen atoms in total. The molecule has 0 N–H and O–H groups in total. The number of rotatable bonds is 3. The fourth-order valence-electron chi connectivity index (χ4n) is 0.662. The van der Waals surface area contributed by atoms with Crippen LogP contribution in [0, 0.1) is 11.5 Å². The Morgan fingerprint density at radius 3 is 2.45 bits per heavy atom. The summed E-state index contributed by atoms with van der Waals surface area (Å²) in [5.41, 5.74) is 3.34. The molecule has 0 amide bonds. The topological polar surface area (TPSA) is 0 Å². The third-order valence-electron chi connectivity index (χ3n) is 1.17. The fourth-order valence-corrected chi connectivity index (χ4v) is 1.32. The van der Waals surface area contributed by atoms with Crippen LogP contribution in [0.1, 0.15) is 19.3 Å². The van der Waals surface area contributed by atoms with Crippen molar-refractivity contribution in [2.45, 2.75) is 38.9 Å². The minimum Gasteiger partial charge on any atom is -0.132 e. The SMILES string of the molecule is C=CCCCC#C[Si](C)(C)C. The maximum Gasteiger partial charge on any atom is 0.129 e. The number of allylic oxidation sites excluding steroid dienone is 1. The van der Waals surface area contributed by atoms with Crippen molar-refractivity contribution >= 4 is 8.07 Å². The minimum atomic E-state index is -1.10. The lowest BCUT2D eigenvalue weighted by Crippen LogP contribution is -2.16. The van der Waals surface area contributed by atoms with E-state index in [1.807, 2.05) is 6.08 Å². The zero-order valence-corrected chi connectivity index (χ0v) is 8.91. The van der Waals surface area contributed by atoms with Gasteiger partial charge in [0.15, 0.2) is 0 Å². The normalized spacial score (nSPS) is 10.1. The quantitative estimate of drug-likeness (QED) is 0.261. The van der Waals surface area contributed by atoms with Crippen LogP contribution in [0.3, 0.4) is 0 Å². The van der Waals surface area contributed by atoms with Gasteiger partial charge >= 0.3 is 0 Å². The molecule has 0 saturated carbocycles. The van der Waals surface area contributed by atoms with Crippen molar-refractivity contribution < 1.29 is 0 Å². The monoisotopic (exact) mass is 166 g/mol. The first-order valence-electron chi connectivity index (χ1n) is 4.17. The Hall–Kier alpha value is -0.483. The first kappa shape index (κ1) is 10.5. The summed E-state index contributed by atoms with van der Waals surface area (Å²) in [6.45, 7) is 10.5. The molecule has 0 radical (unpaired) electrons. The van der Waals surface area contributed by atoms with E-state index in [9.17, 15) is 0 Å². The van der Waals surface area contributed by atoms with Gasteiger partial charge in [-0.05, 0) is 12.8 Å². The number of hydrogen-bond donors (Lipinski definition) is 0. The van der Waals surface area contributed by atoms with E-state index >= 15 is 0 Å². The van der Waals surface area contributed by atoms with Crippen LogP contribution in [-0.4, -0.2) is 8.07 Å². The van der Waals surface area contributed by atoms with Crippen LogP contribution in [0.2, 0.25) is 19.6 Å². The van der Waals surface area contributed by atoms with Gasteiger partial charge in [-0.25, -0.2) is 0 Å². The van der Waals surface area contributed by atoms with Gasteiger partial charge < -0.3 is 0 Å². The van der Waals surface area contributed by atoms with Crippen molar-refractivity contribution in [3.8, 4) is 11.5 Å². The van der Waals surface area contributed by atoms with E-state index < -0.39 is 8.07 Å². The molecule has 0 heterocycles. The fraction of sp³-hybridized carbons (Fsp3) is 0.600. The van der Waals surface area contributed by atoms with E-state index in [4.69, 9.17) is 0 Å². The van der Waals surface area contributed by atoms with Crippen molar-refractivity contribution in [1.82, 2.24) is 0 Å². The van der Waals surface area contributed by atoms with E-state index in [1.165, 1.54) is 6.42 Å². The van der Waals surface area contributed by atoms with Gasteiger partial charge in [0.05, 0.1) is 0 Å². The Balaban J connectivity index is 3.48. The summed E-state index contributed by atoms with van der Waals surface area (Å²) in [7, 11) is -1.10. The molecule has 0 rings (SSSR count). The number of unbranched alkanes of at least 4 members (excludes halogenated alkanes) is 2. The molecule has 0 saturated heterocycles. The highest BCUT2D eigenvalue weighted by Crippen LogP contribution is 1.98. The Labute approximate surface area is 71.7 Å². The van der Waals surface area contributed by atoms with Crippen molar-refractivity contribution in [2.24, 2.45) is 0 Å². The summed E-state index contributed by atoms with van der Waals surface area (Å²) in [6, 6.07) is 0. The molecule has 11 heavy (non-hydrogen) atoms. The van der Waals surface area contributed by atoms with Crippen molar-refractivity contribution in [3.63, 3.8) is 0 Å². The summed E-state index contributed by atoms with van der Waals surface area (Å²) in [5.74, 6) is 3.22. The maximum atomic E-state index is 3.67. The zero-order chi connectivity index (χ0) is 8.74. The molecule has 0 aromatic heterocycles. The van der Waals surface area contributed by atoms with E-state index in [1.54, 1.807) is 0 Å². The zero-order valence-electron chi connectivity index (χ0n) is 7.91. The average molecular weight is 166 g/mol. The molecule has 1 heteroatoms. The number of hydrogen-bond acceptors (Lipinski definition) is 0. The third kappa shape index (κ3) is 9.52. The molecule has 0 aliphatic rings. The van der Waals surface area contributed by atoms with Gasteiger partial charge in [0.2, 0.25) is 0 Å². The lowest BCUT2D eigenvalue weighted by Gasteiger charge is -2.02. The molecule has 0 aliphatic heterocycles. The second-order valence-corrected chi connectivity index (χ2v) is 8.48. The predicted molar refractivity (Wildman–Crippen MR) is 55.2 cm³/mol. The van der Waals surface area contributed by atoms with Crippen LogP contribution in [-0.2, 0) is 0 Å². The molecular formula is C10H18Si. The predicted octanol–water partition coefficient (Wildman–Crippen LogP) is 3.22. The first-order chi connectivity index (χ1) is 5.06. The first-order valence-corrected chi connectivity index (χ1v) is 7.67. The standard InChI is InChI=1S/C10H18Si/c1-5-6-7-8-9-10-11(2,3)4/h5H,1,6-8H2,2-4H3. The highest BCUT2D eigenvalue weighted by molar-refractivity contribution is 6.83. The molecule has 0 aromatic carbocycles. The van der Waals surface area contributed by atoms with Gasteiger partial charge in [-0.15, -0.1) is 18.0 Å². The van der Waals surface area contributed by atoms with Crippen LogP contribution in [0.25, 0.3) is 0 Å². The Kier molecular flexibility index (Phi) is 4.98. The smallest absolute Gasteiger partial charge is 0.129 e. The molecule has 62 valence electrons. The van der Waals surface area contributed by atoms with Gasteiger partial charge in [-0.2, -0.15) is 0 Å². The summed E-state index contributed by atoms with van der Waals surface area (Å²) in [6.07, 6.45) is 5.26. The third-order valence-corrected chi connectivity index (χ3v) is 2.10. The van der Waals surface area contributed by atoms with E-state index in [-0.39, 0.29) is 0 Å². The Bertz CT molecular complexity index is 164. The molecule has 0 spiro atoms. The Morgan fingerprint density at radius 2 is 2.00 bits per heavy atom. The highest BCUT2D eigenvalue weighted by atomic mass is 28.3. The van der Waals surface area contributed by atoms with E-state index in [2.05, 4.69) is 37.7 Å². The van der Waals surface area contributed by atoms with Crippen LogP contribution >= 0.6 is 0 Å². The van der Waals surface area contributed by atoms with Crippen LogP contribution < -0.4 is 0 Å². The summed E-state index contributed by atoms with van der Waals surface area (Å²) < 4.78 is 0. The van der Waals surface area contributed by atoms with Crippen molar-refractivity contribution in [3.05, 3.63) is 12.7 Å². The average Bonchev–Trinajstić information content (AvgIpc) is 1.85. The maximum absolute atomic E-state index is 3.67. The second kappa shape index (κ2) is 5.20. The molecule has 0 aliphatic carbocycles. The van der Waals surface area contributed by atoms with E-state index in [0.29, 0.717) is 0 Å². The van der Waals surface area contributed by atoms with Crippen LogP contribution in [0.15, 0.2) is 12.7 Å². The molecule has 0 fully saturated rings. The van der Waals surface area contributed by atoms with Gasteiger partial charge in [-0.3, -0.25) is 0 Å².